The molecule has 0 unspecified atom stereocenters. The molecule has 1 N–H and O–H groups in total. The molecule has 2 aromatic rings. The van der Waals surface area contributed by atoms with E-state index in [4.69, 9.17) is 5.11 Å². The van der Waals surface area contributed by atoms with E-state index in [0.29, 0.717) is 0 Å². The van der Waals surface area contributed by atoms with E-state index in [1.54, 1.807) is 41.6 Å². The van der Waals surface area contributed by atoms with Gasteiger partial charge >= 0.3 is 5.97 Å². The molecule has 0 aliphatic rings. The van der Waals surface area contributed by atoms with Crippen LogP contribution in [0.2, 0.25) is 0 Å². The van der Waals surface area contributed by atoms with Crippen LogP contribution in [0.25, 0.3) is 6.08 Å². The Morgan fingerprint density at radius 1 is 1.42 bits per heavy atom. The molecule has 0 spiro atoms. The fourth-order valence-corrected chi connectivity index (χ4v) is 3.05. The molecule has 0 atom stereocenters. The number of aromatic nitrogens is 2. The minimum absolute atomic E-state index is 0.752. The molecule has 19 heavy (non-hydrogen) atoms. The zero-order valence-electron chi connectivity index (χ0n) is 10.2. The molecular weight excluding hydrogens is 280 g/mol. The average Bonchev–Trinajstić information content (AvgIpc) is 2.84. The van der Waals surface area contributed by atoms with Crippen LogP contribution in [0, 0.1) is 6.92 Å². The lowest BCUT2D eigenvalue weighted by Gasteiger charge is -1.97. The van der Waals surface area contributed by atoms with Crippen molar-refractivity contribution < 1.29 is 9.90 Å². The highest BCUT2D eigenvalue weighted by molar-refractivity contribution is 7.98. The Morgan fingerprint density at radius 2 is 2.16 bits per heavy atom. The molecule has 2 aromatic heterocycles. The highest BCUT2D eigenvalue weighted by Crippen LogP contribution is 2.25. The second-order valence-corrected chi connectivity index (χ2v) is 5.95. The van der Waals surface area contributed by atoms with Crippen LogP contribution in [0.4, 0.5) is 0 Å². The van der Waals surface area contributed by atoms with E-state index < -0.39 is 5.97 Å². The summed E-state index contributed by atoms with van der Waals surface area (Å²) in [6, 6.07) is 3.91. The van der Waals surface area contributed by atoms with E-state index in [-0.39, 0.29) is 0 Å². The van der Waals surface area contributed by atoms with Crippen molar-refractivity contribution in [1.82, 2.24) is 9.97 Å². The molecule has 0 fully saturated rings. The summed E-state index contributed by atoms with van der Waals surface area (Å²) in [6.07, 6.45) is 6.34. The van der Waals surface area contributed by atoms with Crippen molar-refractivity contribution >= 4 is 35.1 Å². The van der Waals surface area contributed by atoms with Crippen molar-refractivity contribution in [1.29, 1.82) is 0 Å². The van der Waals surface area contributed by atoms with Crippen LogP contribution in [-0.4, -0.2) is 21.0 Å². The topological polar surface area (TPSA) is 63.1 Å². The van der Waals surface area contributed by atoms with Crippen LogP contribution in [-0.2, 0) is 10.5 Å². The molecule has 6 heteroatoms. The largest absolute Gasteiger partial charge is 0.478 e. The number of rotatable bonds is 5. The number of aliphatic carboxylic acids is 1. The van der Waals surface area contributed by atoms with Crippen molar-refractivity contribution in [2.24, 2.45) is 0 Å². The molecule has 0 saturated heterocycles. The summed E-state index contributed by atoms with van der Waals surface area (Å²) < 4.78 is 0. The molecule has 0 amide bonds. The van der Waals surface area contributed by atoms with Crippen molar-refractivity contribution in [3.05, 3.63) is 45.9 Å². The minimum Gasteiger partial charge on any atom is -0.478 e. The Kier molecular flexibility index (Phi) is 4.70. The first-order valence-electron chi connectivity index (χ1n) is 5.54. The summed E-state index contributed by atoms with van der Waals surface area (Å²) in [5, 5.41) is 9.30. The number of hydrogen-bond acceptors (Lipinski definition) is 5. The van der Waals surface area contributed by atoms with Gasteiger partial charge in [0, 0.05) is 34.0 Å². The molecule has 2 heterocycles. The van der Waals surface area contributed by atoms with E-state index in [1.165, 1.54) is 4.88 Å². The third-order valence-corrected chi connectivity index (χ3v) is 4.33. The van der Waals surface area contributed by atoms with Gasteiger partial charge in [0.15, 0.2) is 5.16 Å². The van der Waals surface area contributed by atoms with Gasteiger partial charge in [0.2, 0.25) is 0 Å². The lowest BCUT2D eigenvalue weighted by Crippen LogP contribution is -1.86. The van der Waals surface area contributed by atoms with Crippen LogP contribution in [0.3, 0.4) is 0 Å². The van der Waals surface area contributed by atoms with Crippen LogP contribution in [0.15, 0.2) is 35.8 Å². The predicted octanol–water partition coefficient (Wildman–Crippen LogP) is 3.24. The second-order valence-electron chi connectivity index (χ2n) is 3.81. The van der Waals surface area contributed by atoms with Gasteiger partial charge in [0.25, 0.3) is 0 Å². The molecule has 2 rings (SSSR count). The van der Waals surface area contributed by atoms with Crippen LogP contribution < -0.4 is 0 Å². The second kappa shape index (κ2) is 6.49. The lowest BCUT2D eigenvalue weighted by molar-refractivity contribution is -0.131. The summed E-state index contributed by atoms with van der Waals surface area (Å²) in [5.41, 5.74) is 1.04. The van der Waals surface area contributed by atoms with Crippen LogP contribution in [0.5, 0.6) is 0 Å². The molecular formula is C13H12N2O2S2. The van der Waals surface area contributed by atoms with Gasteiger partial charge in [0.05, 0.1) is 0 Å². The number of thioether (sulfide) groups is 1. The number of thiophene rings is 1. The number of nitrogens with zero attached hydrogens (tertiary/aromatic N) is 2. The first-order chi connectivity index (χ1) is 9.13. The maximum Gasteiger partial charge on any atom is 0.328 e. The van der Waals surface area contributed by atoms with E-state index in [1.807, 2.05) is 19.1 Å². The Morgan fingerprint density at radius 3 is 2.84 bits per heavy atom. The molecule has 0 bridgehead atoms. The Bertz CT molecular complexity index is 591. The third-order valence-electron chi connectivity index (χ3n) is 2.17. The summed E-state index contributed by atoms with van der Waals surface area (Å²) in [6.45, 7) is 1.95. The number of hydrogen-bond donors (Lipinski definition) is 1. The van der Waals surface area contributed by atoms with Gasteiger partial charge in [-0.1, -0.05) is 11.8 Å². The zero-order chi connectivity index (χ0) is 13.7. The smallest absolute Gasteiger partial charge is 0.328 e. The van der Waals surface area contributed by atoms with Gasteiger partial charge in [-0.25, -0.2) is 14.8 Å². The van der Waals surface area contributed by atoms with Gasteiger partial charge in [-0.3, -0.25) is 0 Å². The Balaban J connectivity index is 1.93. The number of aryl methyl sites for hydroxylation is 1. The maximum atomic E-state index is 10.4. The molecule has 0 saturated carbocycles. The predicted molar refractivity (Wildman–Crippen MR) is 77.3 cm³/mol. The molecule has 0 aliphatic heterocycles. The zero-order valence-corrected chi connectivity index (χ0v) is 11.9. The van der Waals surface area contributed by atoms with E-state index in [0.717, 1.165) is 27.4 Å². The normalized spacial score (nSPS) is 11.0. The average molecular weight is 292 g/mol. The molecule has 0 radical (unpaired) electrons. The van der Waals surface area contributed by atoms with Gasteiger partial charge in [-0.2, -0.15) is 0 Å². The standard InChI is InChI=1S/C13H12N2O2S2/c1-9-6-14-13(15-7-9)18-8-11-3-2-10(19-11)4-5-12(16)17/h2-7H,8H2,1H3,(H,16,17). The highest BCUT2D eigenvalue weighted by Gasteiger charge is 2.02. The Labute approximate surface area is 119 Å². The first-order valence-corrected chi connectivity index (χ1v) is 7.35. The first kappa shape index (κ1) is 13.8. The summed E-state index contributed by atoms with van der Waals surface area (Å²) >= 11 is 3.14. The number of carbonyl (C=O) groups is 1. The molecule has 4 nitrogen and oxygen atoms in total. The van der Waals surface area contributed by atoms with Crippen molar-refractivity contribution in [2.75, 3.05) is 0 Å². The fourth-order valence-electron chi connectivity index (χ4n) is 1.31. The number of carboxylic acid groups (broad SMARTS) is 1. The Hall–Kier alpha value is -1.66. The van der Waals surface area contributed by atoms with E-state index >= 15 is 0 Å². The van der Waals surface area contributed by atoms with Gasteiger partial charge in [-0.15, -0.1) is 11.3 Å². The van der Waals surface area contributed by atoms with Crippen molar-refractivity contribution in [3.8, 4) is 0 Å². The summed E-state index contributed by atoms with van der Waals surface area (Å²) in [4.78, 5) is 21.0. The van der Waals surface area contributed by atoms with Crippen LogP contribution in [0.1, 0.15) is 15.3 Å². The van der Waals surface area contributed by atoms with Crippen molar-refractivity contribution in [2.45, 2.75) is 17.8 Å². The van der Waals surface area contributed by atoms with E-state index in [9.17, 15) is 4.79 Å². The monoisotopic (exact) mass is 292 g/mol. The maximum absolute atomic E-state index is 10.4. The van der Waals surface area contributed by atoms with E-state index in [2.05, 4.69) is 9.97 Å². The summed E-state index contributed by atoms with van der Waals surface area (Å²) in [5.74, 6) is -0.147. The molecule has 0 aliphatic carbocycles. The minimum atomic E-state index is -0.933. The quantitative estimate of drug-likeness (QED) is 0.521. The third kappa shape index (κ3) is 4.50. The highest BCUT2D eigenvalue weighted by atomic mass is 32.2. The fraction of sp³-hybridized carbons (Fsp3) is 0.154. The molecule has 0 aromatic carbocycles. The van der Waals surface area contributed by atoms with Gasteiger partial charge in [0.1, 0.15) is 0 Å². The lowest BCUT2D eigenvalue weighted by atomic mass is 10.4. The SMILES string of the molecule is Cc1cnc(SCc2ccc(C=CC(=O)O)s2)nc1. The van der Waals surface area contributed by atoms with Gasteiger partial charge < -0.3 is 5.11 Å². The number of carboxylic acids is 1. The summed E-state index contributed by atoms with van der Waals surface area (Å²) in [7, 11) is 0. The van der Waals surface area contributed by atoms with Crippen molar-refractivity contribution in [3.63, 3.8) is 0 Å². The van der Waals surface area contributed by atoms with Crippen LogP contribution >= 0.6 is 23.1 Å². The molecule has 98 valence electrons. The van der Waals surface area contributed by atoms with Gasteiger partial charge in [-0.05, 0) is 30.7 Å².